The molecule has 1 rings (SSSR count). The van der Waals surface area contributed by atoms with Crippen LogP contribution in [0.3, 0.4) is 0 Å². The van der Waals surface area contributed by atoms with Crippen LogP contribution in [0, 0.1) is 10.8 Å². The third-order valence-electron chi connectivity index (χ3n) is 5.72. The highest BCUT2D eigenvalue weighted by atomic mass is 16.5. The maximum Gasteiger partial charge on any atom is 0.0467 e. The molecule has 0 heterocycles. The van der Waals surface area contributed by atoms with E-state index in [9.17, 15) is 0 Å². The molecule has 0 amide bonds. The zero-order valence-corrected chi connectivity index (χ0v) is 15.1. The van der Waals surface area contributed by atoms with Crippen molar-refractivity contribution in [2.45, 2.75) is 51.4 Å². The fraction of sp³-hybridized carbons (Fsp3) is 1.00. The fourth-order valence-corrected chi connectivity index (χ4v) is 3.83. The lowest BCUT2D eigenvalue weighted by molar-refractivity contribution is -0.00619. The van der Waals surface area contributed by atoms with Crippen molar-refractivity contribution in [2.75, 3.05) is 54.9 Å². The molecule has 1 aliphatic rings. The van der Waals surface area contributed by atoms with Crippen LogP contribution in [0.4, 0.5) is 0 Å². The van der Waals surface area contributed by atoms with Gasteiger partial charge in [0.25, 0.3) is 0 Å². The molecular formula is C18H36O4. The van der Waals surface area contributed by atoms with E-state index in [1.165, 1.54) is 25.7 Å². The van der Waals surface area contributed by atoms with Gasteiger partial charge in [-0.15, -0.1) is 0 Å². The summed E-state index contributed by atoms with van der Waals surface area (Å²) in [5.74, 6) is 0. The lowest BCUT2D eigenvalue weighted by Crippen LogP contribution is -2.37. The summed E-state index contributed by atoms with van der Waals surface area (Å²) >= 11 is 0. The minimum atomic E-state index is 0.398. The van der Waals surface area contributed by atoms with E-state index in [4.69, 9.17) is 18.9 Å². The number of rotatable bonds is 12. The number of hydrogen-bond donors (Lipinski definition) is 0. The van der Waals surface area contributed by atoms with Crippen LogP contribution < -0.4 is 0 Å². The predicted octanol–water partition coefficient (Wildman–Crippen LogP) is 3.68. The summed E-state index contributed by atoms with van der Waals surface area (Å²) in [6.45, 7) is 3.42. The summed E-state index contributed by atoms with van der Waals surface area (Å²) in [7, 11) is 7.20. The van der Waals surface area contributed by atoms with Gasteiger partial charge in [0.15, 0.2) is 0 Å². The van der Waals surface area contributed by atoms with Gasteiger partial charge in [0.1, 0.15) is 0 Å². The van der Waals surface area contributed by atoms with Crippen LogP contribution in [0.2, 0.25) is 0 Å². The summed E-state index contributed by atoms with van der Waals surface area (Å²) in [6, 6.07) is 0. The van der Waals surface area contributed by atoms with Crippen LogP contribution in [0.1, 0.15) is 51.4 Å². The lowest BCUT2D eigenvalue weighted by atomic mass is 9.59. The largest absolute Gasteiger partial charge is 0.385 e. The Morgan fingerprint density at radius 1 is 0.500 bits per heavy atom. The van der Waals surface area contributed by atoms with Crippen LogP contribution in [0.5, 0.6) is 0 Å². The number of ether oxygens (including phenoxy) is 4. The second-order valence-corrected chi connectivity index (χ2v) is 6.97. The summed E-state index contributed by atoms with van der Waals surface area (Å²) in [6.07, 6.45) is 9.69. The average molecular weight is 316 g/mol. The van der Waals surface area contributed by atoms with Crippen LogP contribution in [-0.4, -0.2) is 54.9 Å². The minimum Gasteiger partial charge on any atom is -0.385 e. The molecule has 0 radical (unpaired) electrons. The zero-order chi connectivity index (χ0) is 16.3. The van der Waals surface area contributed by atoms with Crippen LogP contribution in [-0.2, 0) is 18.9 Å². The van der Waals surface area contributed by atoms with Crippen molar-refractivity contribution < 1.29 is 18.9 Å². The van der Waals surface area contributed by atoms with Crippen molar-refractivity contribution in [2.24, 2.45) is 10.8 Å². The summed E-state index contributed by atoms with van der Waals surface area (Å²) in [5, 5.41) is 0. The topological polar surface area (TPSA) is 36.9 Å². The van der Waals surface area contributed by atoms with Gasteiger partial charge >= 0.3 is 0 Å². The van der Waals surface area contributed by atoms with Crippen LogP contribution in [0.15, 0.2) is 0 Å². The van der Waals surface area contributed by atoms with E-state index >= 15 is 0 Å². The van der Waals surface area contributed by atoms with Gasteiger partial charge in [0, 0.05) is 54.9 Å². The Balaban J connectivity index is 2.65. The second-order valence-electron chi connectivity index (χ2n) is 6.97. The number of hydrogen-bond acceptors (Lipinski definition) is 4. The van der Waals surface area contributed by atoms with Crippen molar-refractivity contribution in [1.29, 1.82) is 0 Å². The van der Waals surface area contributed by atoms with Gasteiger partial charge < -0.3 is 18.9 Å². The summed E-state index contributed by atoms with van der Waals surface area (Å²) in [5.41, 5.74) is 0.797. The van der Waals surface area contributed by atoms with Crippen molar-refractivity contribution in [3.8, 4) is 0 Å². The van der Waals surface area contributed by atoms with Crippen LogP contribution >= 0.6 is 0 Å². The van der Waals surface area contributed by atoms with E-state index in [1.54, 1.807) is 28.4 Å². The molecule has 4 heteroatoms. The van der Waals surface area contributed by atoms with E-state index in [0.717, 1.165) is 52.1 Å². The fourth-order valence-electron chi connectivity index (χ4n) is 3.83. The third-order valence-corrected chi connectivity index (χ3v) is 5.72. The molecule has 0 bridgehead atoms. The zero-order valence-electron chi connectivity index (χ0n) is 15.1. The molecule has 1 fully saturated rings. The van der Waals surface area contributed by atoms with Crippen molar-refractivity contribution in [1.82, 2.24) is 0 Å². The van der Waals surface area contributed by atoms with Gasteiger partial charge in [-0.25, -0.2) is 0 Å². The molecule has 0 aromatic heterocycles. The van der Waals surface area contributed by atoms with Gasteiger partial charge in [-0.3, -0.25) is 0 Å². The molecule has 0 unspecified atom stereocenters. The molecular weight excluding hydrogens is 280 g/mol. The van der Waals surface area contributed by atoms with Crippen molar-refractivity contribution >= 4 is 0 Å². The smallest absolute Gasteiger partial charge is 0.0467 e. The monoisotopic (exact) mass is 316 g/mol. The molecule has 132 valence electrons. The molecule has 1 saturated carbocycles. The van der Waals surface area contributed by atoms with Gasteiger partial charge in [-0.2, -0.15) is 0 Å². The summed E-state index contributed by atoms with van der Waals surface area (Å²) in [4.78, 5) is 0. The Labute approximate surface area is 136 Å². The van der Waals surface area contributed by atoms with E-state index in [0.29, 0.717) is 10.8 Å². The molecule has 0 saturated heterocycles. The molecule has 4 nitrogen and oxygen atoms in total. The second kappa shape index (κ2) is 10.6. The molecule has 0 aliphatic heterocycles. The first-order chi connectivity index (χ1) is 10.7. The molecule has 0 spiro atoms. The highest BCUT2D eigenvalue weighted by Crippen LogP contribution is 2.52. The molecule has 0 atom stereocenters. The highest BCUT2D eigenvalue weighted by Gasteiger charge is 2.41. The van der Waals surface area contributed by atoms with Gasteiger partial charge in [0.05, 0.1) is 0 Å². The molecule has 0 aromatic carbocycles. The predicted molar refractivity (Wildman–Crippen MR) is 89.3 cm³/mol. The average Bonchev–Trinajstić information content (AvgIpc) is 2.56. The van der Waals surface area contributed by atoms with Gasteiger partial charge in [0.2, 0.25) is 0 Å². The Bertz CT molecular complexity index is 224. The van der Waals surface area contributed by atoms with E-state index in [2.05, 4.69) is 0 Å². The first-order valence-corrected chi connectivity index (χ1v) is 8.62. The Kier molecular flexibility index (Phi) is 9.57. The van der Waals surface area contributed by atoms with Crippen LogP contribution in [0.25, 0.3) is 0 Å². The molecule has 1 aliphatic carbocycles. The minimum absolute atomic E-state index is 0.398. The first kappa shape index (κ1) is 19.9. The summed E-state index contributed by atoms with van der Waals surface area (Å²) < 4.78 is 21.4. The van der Waals surface area contributed by atoms with Gasteiger partial charge in [-0.05, 0) is 62.2 Å². The highest BCUT2D eigenvalue weighted by molar-refractivity contribution is 4.93. The van der Waals surface area contributed by atoms with E-state index < -0.39 is 0 Å². The van der Waals surface area contributed by atoms with Gasteiger partial charge in [-0.1, -0.05) is 0 Å². The Hall–Kier alpha value is -0.160. The quantitative estimate of drug-likeness (QED) is 0.550. The maximum absolute atomic E-state index is 5.35. The SMILES string of the molecule is COCCC1(CCOC)CCC(CCOC)(CCOC)CC1. The Morgan fingerprint density at radius 2 is 0.727 bits per heavy atom. The standard InChI is InChI=1S/C18H36O4/c1-19-13-9-17(10-14-20-2)5-7-18(8-6-17,11-15-21-3)12-16-22-4/h5-16H2,1-4H3. The van der Waals surface area contributed by atoms with Crippen molar-refractivity contribution in [3.05, 3.63) is 0 Å². The lowest BCUT2D eigenvalue weighted by Gasteiger charge is -2.47. The normalized spacial score (nSPS) is 20.2. The third kappa shape index (κ3) is 6.15. The molecule has 22 heavy (non-hydrogen) atoms. The first-order valence-electron chi connectivity index (χ1n) is 8.62. The number of methoxy groups -OCH3 is 4. The molecule has 0 aromatic rings. The molecule has 0 N–H and O–H groups in total. The van der Waals surface area contributed by atoms with E-state index in [1.807, 2.05) is 0 Å². The van der Waals surface area contributed by atoms with E-state index in [-0.39, 0.29) is 0 Å². The maximum atomic E-state index is 5.35. The van der Waals surface area contributed by atoms with Crippen molar-refractivity contribution in [3.63, 3.8) is 0 Å². The Morgan fingerprint density at radius 3 is 0.909 bits per heavy atom.